The molecule has 14 heavy (non-hydrogen) atoms. The van der Waals surface area contributed by atoms with Gasteiger partial charge in [-0.1, -0.05) is 6.92 Å². The van der Waals surface area contributed by atoms with Crippen LogP contribution >= 0.6 is 11.3 Å². The summed E-state index contributed by atoms with van der Waals surface area (Å²) in [4.78, 5) is 4.45. The number of hydrazine groups is 1. The lowest BCUT2D eigenvalue weighted by molar-refractivity contribution is 0.0497. The van der Waals surface area contributed by atoms with Crippen molar-refractivity contribution in [2.24, 2.45) is 0 Å². The van der Waals surface area contributed by atoms with E-state index in [2.05, 4.69) is 27.7 Å². The fraction of sp³-hybridized carbons (Fsp3) is 0.667. The lowest BCUT2D eigenvalue weighted by Gasteiger charge is -2.26. The van der Waals surface area contributed by atoms with E-state index in [1.54, 1.807) is 11.3 Å². The number of aromatic nitrogens is 1. The zero-order valence-corrected chi connectivity index (χ0v) is 9.14. The number of anilines is 1. The van der Waals surface area contributed by atoms with Gasteiger partial charge in [0.2, 0.25) is 0 Å². The average Bonchev–Trinajstić information content (AvgIpc) is 2.67. The number of rotatable bonds is 3. The first-order chi connectivity index (χ1) is 6.88. The van der Waals surface area contributed by atoms with Crippen molar-refractivity contribution >= 4 is 16.5 Å². The van der Waals surface area contributed by atoms with Crippen LogP contribution in [-0.2, 0) is 11.2 Å². The van der Waals surface area contributed by atoms with E-state index in [0.29, 0.717) is 0 Å². The van der Waals surface area contributed by atoms with E-state index >= 15 is 0 Å². The van der Waals surface area contributed by atoms with Crippen molar-refractivity contribution in [2.75, 3.05) is 31.7 Å². The van der Waals surface area contributed by atoms with Crippen LogP contribution in [0.5, 0.6) is 0 Å². The maximum atomic E-state index is 5.27. The molecule has 1 saturated heterocycles. The van der Waals surface area contributed by atoms with Crippen LogP contribution in [0.2, 0.25) is 0 Å². The maximum absolute atomic E-state index is 5.27. The Labute approximate surface area is 87.9 Å². The highest BCUT2D eigenvalue weighted by molar-refractivity contribution is 7.13. The third kappa shape index (κ3) is 2.43. The first kappa shape index (κ1) is 9.89. The summed E-state index contributed by atoms with van der Waals surface area (Å²) in [5, 5.41) is 5.24. The molecular formula is C9H15N3OS. The summed E-state index contributed by atoms with van der Waals surface area (Å²) < 4.78 is 5.27. The second-order valence-corrected chi connectivity index (χ2v) is 4.07. The number of thiazole rings is 1. The number of morpholine rings is 1. The van der Waals surface area contributed by atoms with Gasteiger partial charge in [-0.3, -0.25) is 5.43 Å². The molecule has 1 aromatic heterocycles. The highest BCUT2D eigenvalue weighted by Crippen LogP contribution is 2.16. The molecule has 1 N–H and O–H groups in total. The highest BCUT2D eigenvalue weighted by Gasteiger charge is 2.11. The number of ether oxygens (including phenoxy) is 1. The van der Waals surface area contributed by atoms with Gasteiger partial charge in [0.25, 0.3) is 0 Å². The molecule has 4 nitrogen and oxygen atoms in total. The summed E-state index contributed by atoms with van der Waals surface area (Å²) in [7, 11) is 0. The molecule has 0 amide bonds. The molecule has 2 rings (SSSR count). The van der Waals surface area contributed by atoms with Crippen molar-refractivity contribution in [1.82, 2.24) is 9.99 Å². The molecular weight excluding hydrogens is 198 g/mol. The molecule has 0 unspecified atom stereocenters. The molecule has 1 aromatic rings. The Morgan fingerprint density at radius 3 is 3.00 bits per heavy atom. The Bertz CT molecular complexity index is 283. The van der Waals surface area contributed by atoms with Gasteiger partial charge >= 0.3 is 0 Å². The van der Waals surface area contributed by atoms with Crippen molar-refractivity contribution < 1.29 is 4.74 Å². The monoisotopic (exact) mass is 213 g/mol. The van der Waals surface area contributed by atoms with E-state index in [-0.39, 0.29) is 0 Å². The Balaban J connectivity index is 1.89. The Morgan fingerprint density at radius 1 is 1.57 bits per heavy atom. The molecule has 2 heterocycles. The molecule has 0 spiro atoms. The standard InChI is InChI=1S/C9H15N3OS/c1-2-8-7-14-9(10-8)11-12-3-5-13-6-4-12/h7H,2-6H2,1H3,(H,10,11). The van der Waals surface area contributed by atoms with Crippen LogP contribution in [0.25, 0.3) is 0 Å². The van der Waals surface area contributed by atoms with Gasteiger partial charge in [0.1, 0.15) is 0 Å². The molecule has 0 bridgehead atoms. The average molecular weight is 213 g/mol. The van der Waals surface area contributed by atoms with E-state index in [9.17, 15) is 0 Å². The van der Waals surface area contributed by atoms with Gasteiger partial charge in [0, 0.05) is 18.5 Å². The third-order valence-electron chi connectivity index (χ3n) is 2.18. The number of aryl methyl sites for hydroxylation is 1. The molecule has 78 valence electrons. The van der Waals surface area contributed by atoms with E-state index in [1.165, 1.54) is 0 Å². The van der Waals surface area contributed by atoms with Crippen molar-refractivity contribution in [3.63, 3.8) is 0 Å². The van der Waals surface area contributed by atoms with Gasteiger partial charge in [-0.25, -0.2) is 9.99 Å². The van der Waals surface area contributed by atoms with Gasteiger partial charge in [-0.05, 0) is 6.42 Å². The lowest BCUT2D eigenvalue weighted by atomic mass is 10.4. The van der Waals surface area contributed by atoms with Gasteiger partial charge in [-0.2, -0.15) is 0 Å². The van der Waals surface area contributed by atoms with Crippen molar-refractivity contribution in [1.29, 1.82) is 0 Å². The smallest absolute Gasteiger partial charge is 0.197 e. The van der Waals surface area contributed by atoms with E-state index in [1.807, 2.05) is 0 Å². The summed E-state index contributed by atoms with van der Waals surface area (Å²) in [5.74, 6) is 0. The van der Waals surface area contributed by atoms with Crippen molar-refractivity contribution in [2.45, 2.75) is 13.3 Å². The normalized spacial score (nSPS) is 18.4. The zero-order valence-electron chi connectivity index (χ0n) is 8.32. The molecule has 0 saturated carbocycles. The number of hydrogen-bond donors (Lipinski definition) is 1. The minimum atomic E-state index is 0.805. The van der Waals surface area contributed by atoms with Crippen molar-refractivity contribution in [3.8, 4) is 0 Å². The zero-order chi connectivity index (χ0) is 9.80. The van der Waals surface area contributed by atoms with Crippen LogP contribution in [0.1, 0.15) is 12.6 Å². The molecule has 1 fully saturated rings. The summed E-state index contributed by atoms with van der Waals surface area (Å²) in [6.45, 7) is 5.59. The predicted molar refractivity (Wildman–Crippen MR) is 57.5 cm³/mol. The van der Waals surface area contributed by atoms with Crippen molar-refractivity contribution in [3.05, 3.63) is 11.1 Å². The Kier molecular flexibility index (Phi) is 3.34. The molecule has 0 atom stereocenters. The number of nitrogens with zero attached hydrogens (tertiary/aromatic N) is 2. The number of hydrogen-bond acceptors (Lipinski definition) is 5. The van der Waals surface area contributed by atoms with Gasteiger partial charge in [-0.15, -0.1) is 11.3 Å². The number of nitrogens with one attached hydrogen (secondary N) is 1. The molecule has 0 aromatic carbocycles. The Morgan fingerprint density at radius 2 is 2.36 bits per heavy atom. The minimum Gasteiger partial charge on any atom is -0.379 e. The third-order valence-corrected chi connectivity index (χ3v) is 2.97. The second kappa shape index (κ2) is 4.72. The van der Waals surface area contributed by atoms with Crippen LogP contribution in [0.3, 0.4) is 0 Å². The predicted octanol–water partition coefficient (Wildman–Crippen LogP) is 1.36. The van der Waals surface area contributed by atoms with Crippen LogP contribution in [0.4, 0.5) is 5.13 Å². The van der Waals surface area contributed by atoms with Gasteiger partial charge < -0.3 is 4.74 Å². The van der Waals surface area contributed by atoms with Crippen LogP contribution in [0, 0.1) is 0 Å². The van der Waals surface area contributed by atoms with Crippen LogP contribution in [0.15, 0.2) is 5.38 Å². The minimum absolute atomic E-state index is 0.805. The molecule has 1 aliphatic heterocycles. The summed E-state index contributed by atoms with van der Waals surface area (Å²) in [6.07, 6.45) is 1.00. The fourth-order valence-electron chi connectivity index (χ4n) is 1.33. The quantitative estimate of drug-likeness (QED) is 0.822. The molecule has 0 radical (unpaired) electrons. The van der Waals surface area contributed by atoms with Gasteiger partial charge in [0.05, 0.1) is 18.9 Å². The first-order valence-corrected chi connectivity index (χ1v) is 5.80. The maximum Gasteiger partial charge on any atom is 0.197 e. The van der Waals surface area contributed by atoms with E-state index in [0.717, 1.165) is 43.5 Å². The highest BCUT2D eigenvalue weighted by atomic mass is 32.1. The largest absolute Gasteiger partial charge is 0.379 e. The SMILES string of the molecule is CCc1csc(NN2CCOCC2)n1. The first-order valence-electron chi connectivity index (χ1n) is 4.92. The van der Waals surface area contributed by atoms with Crippen LogP contribution in [-0.4, -0.2) is 36.3 Å². The van der Waals surface area contributed by atoms with E-state index < -0.39 is 0 Å². The summed E-state index contributed by atoms with van der Waals surface area (Å²) >= 11 is 1.66. The van der Waals surface area contributed by atoms with Gasteiger partial charge in [0.15, 0.2) is 5.13 Å². The van der Waals surface area contributed by atoms with Crippen LogP contribution < -0.4 is 5.43 Å². The Hall–Kier alpha value is -0.650. The molecule has 1 aliphatic rings. The topological polar surface area (TPSA) is 37.4 Å². The lowest BCUT2D eigenvalue weighted by Crippen LogP contribution is -2.40. The fourth-order valence-corrected chi connectivity index (χ4v) is 2.15. The second-order valence-electron chi connectivity index (χ2n) is 3.21. The summed E-state index contributed by atoms with van der Waals surface area (Å²) in [5.41, 5.74) is 4.45. The molecule has 0 aliphatic carbocycles. The van der Waals surface area contributed by atoms with E-state index in [4.69, 9.17) is 4.74 Å². The summed E-state index contributed by atoms with van der Waals surface area (Å²) in [6, 6.07) is 0. The molecule has 5 heteroatoms.